The summed E-state index contributed by atoms with van der Waals surface area (Å²) < 4.78 is 104. The van der Waals surface area contributed by atoms with Crippen molar-refractivity contribution in [3.8, 4) is 0 Å². The van der Waals surface area contributed by atoms with Crippen LogP contribution in [0, 0.1) is 0 Å². The van der Waals surface area contributed by atoms with Gasteiger partial charge in [-0.3, -0.25) is 28.8 Å². The Hall–Kier alpha value is -3.94. The van der Waals surface area contributed by atoms with Crippen LogP contribution in [0.25, 0.3) is 0 Å². The molecule has 0 radical (unpaired) electrons. The Bertz CT molecular complexity index is 1140. The second-order valence-electron chi connectivity index (χ2n) is 9.04. The SMILES string of the molecule is COC(=O)[C@]1(OC(C)=O)C[C@H](OC(C)=O)[C@](N)(C(=O)C(F)(F)C(F)(F)F)[C@H]([C@H](OC(C)=O)[C@@H](COC(C)=O)OC(C)=O)O1. The lowest BCUT2D eigenvalue weighted by Crippen LogP contribution is -2.80. The summed E-state index contributed by atoms with van der Waals surface area (Å²) in [5, 5.41) is 0. The zero-order valence-electron chi connectivity index (χ0n) is 23.4. The molecule has 0 aromatic rings. The molecule has 0 bridgehead atoms. The first-order valence-corrected chi connectivity index (χ1v) is 11.8. The van der Waals surface area contributed by atoms with Crippen molar-refractivity contribution in [3.63, 3.8) is 0 Å². The van der Waals surface area contributed by atoms with Crippen LogP contribution in [0.1, 0.15) is 41.0 Å². The number of carbonyl (C=O) groups excluding carboxylic acids is 7. The molecule has 244 valence electrons. The number of carbonyl (C=O) groups is 7. The predicted octanol–water partition coefficient (Wildman–Crippen LogP) is 0.0301. The Morgan fingerprint density at radius 2 is 1.40 bits per heavy atom. The average molecular weight is 637 g/mol. The molecule has 1 heterocycles. The second-order valence-corrected chi connectivity index (χ2v) is 9.04. The van der Waals surface area contributed by atoms with Gasteiger partial charge in [0, 0.05) is 34.6 Å². The lowest BCUT2D eigenvalue weighted by molar-refractivity contribution is -0.319. The zero-order chi connectivity index (χ0) is 33.7. The topological polar surface area (TPSA) is 210 Å². The molecule has 0 aromatic heterocycles. The van der Waals surface area contributed by atoms with Gasteiger partial charge in [-0.25, -0.2) is 4.79 Å². The maximum Gasteiger partial charge on any atom is 0.461 e. The van der Waals surface area contributed by atoms with E-state index in [1.165, 1.54) is 0 Å². The molecule has 1 rings (SSSR count). The molecule has 43 heavy (non-hydrogen) atoms. The molecule has 0 saturated carbocycles. The smallest absolute Gasteiger partial charge is 0.461 e. The Labute approximate surface area is 239 Å². The number of hydrogen-bond acceptors (Lipinski definition) is 15. The van der Waals surface area contributed by atoms with Crippen molar-refractivity contribution >= 4 is 41.6 Å². The molecular formula is C23H28F5NO14. The Morgan fingerprint density at radius 3 is 1.79 bits per heavy atom. The van der Waals surface area contributed by atoms with Crippen LogP contribution in [0.2, 0.25) is 0 Å². The zero-order valence-corrected chi connectivity index (χ0v) is 23.4. The summed E-state index contributed by atoms with van der Waals surface area (Å²) in [6, 6.07) is 0. The molecule has 1 saturated heterocycles. The number of Topliss-reactive ketones (excluding diaryl/α,β-unsaturated/α-hetero) is 1. The molecule has 2 N–H and O–H groups in total. The summed E-state index contributed by atoms with van der Waals surface area (Å²) in [5.74, 6) is -21.1. The Kier molecular flexibility index (Phi) is 11.7. The van der Waals surface area contributed by atoms with E-state index in [0.29, 0.717) is 27.9 Å². The fourth-order valence-electron chi connectivity index (χ4n) is 4.06. The number of nitrogens with two attached hydrogens (primary N) is 1. The molecule has 6 atom stereocenters. The van der Waals surface area contributed by atoms with Crippen LogP contribution >= 0.6 is 0 Å². The van der Waals surface area contributed by atoms with Crippen LogP contribution in [-0.4, -0.2) is 103 Å². The first-order valence-electron chi connectivity index (χ1n) is 11.8. The van der Waals surface area contributed by atoms with Gasteiger partial charge in [0.1, 0.15) is 24.4 Å². The van der Waals surface area contributed by atoms with E-state index in [4.69, 9.17) is 34.2 Å². The minimum absolute atomic E-state index is 0.606. The highest BCUT2D eigenvalue weighted by atomic mass is 19.4. The number of esters is 6. The number of methoxy groups -OCH3 is 1. The maximum absolute atomic E-state index is 14.7. The van der Waals surface area contributed by atoms with Crippen LogP contribution in [-0.2, 0) is 66.7 Å². The molecule has 0 aromatic carbocycles. The second kappa shape index (κ2) is 13.6. The van der Waals surface area contributed by atoms with Gasteiger partial charge >= 0.3 is 53.7 Å². The van der Waals surface area contributed by atoms with E-state index in [1.807, 2.05) is 0 Å². The van der Waals surface area contributed by atoms with Crippen molar-refractivity contribution in [2.24, 2.45) is 5.73 Å². The third kappa shape index (κ3) is 8.33. The average Bonchev–Trinajstić information content (AvgIpc) is 2.84. The largest absolute Gasteiger partial charge is 0.464 e. The van der Waals surface area contributed by atoms with Gasteiger partial charge in [0.2, 0.25) is 5.78 Å². The van der Waals surface area contributed by atoms with E-state index in [2.05, 4.69) is 4.74 Å². The number of rotatable bonds is 11. The minimum Gasteiger partial charge on any atom is -0.464 e. The van der Waals surface area contributed by atoms with Crippen molar-refractivity contribution < 1.29 is 88.7 Å². The van der Waals surface area contributed by atoms with Crippen LogP contribution in [0.15, 0.2) is 0 Å². The van der Waals surface area contributed by atoms with Crippen molar-refractivity contribution in [3.05, 3.63) is 0 Å². The molecule has 20 heteroatoms. The highest BCUT2D eigenvalue weighted by molar-refractivity contribution is 5.97. The van der Waals surface area contributed by atoms with Gasteiger partial charge in [-0.2, -0.15) is 22.0 Å². The molecule has 15 nitrogen and oxygen atoms in total. The van der Waals surface area contributed by atoms with Gasteiger partial charge in [-0.1, -0.05) is 0 Å². The summed E-state index contributed by atoms with van der Waals surface area (Å²) in [6.45, 7) is 2.38. The molecule has 0 unspecified atom stereocenters. The maximum atomic E-state index is 14.7. The fourth-order valence-corrected chi connectivity index (χ4v) is 4.06. The molecule has 0 amide bonds. The Balaban J connectivity index is 4.28. The van der Waals surface area contributed by atoms with Crippen LogP contribution in [0.5, 0.6) is 0 Å². The van der Waals surface area contributed by atoms with Gasteiger partial charge in [-0.15, -0.1) is 0 Å². The summed E-state index contributed by atoms with van der Waals surface area (Å²) >= 11 is 0. The van der Waals surface area contributed by atoms with Crippen molar-refractivity contribution in [1.29, 1.82) is 0 Å². The predicted molar refractivity (Wildman–Crippen MR) is 122 cm³/mol. The molecule has 1 aliphatic heterocycles. The molecular weight excluding hydrogens is 609 g/mol. The number of ketones is 1. The van der Waals surface area contributed by atoms with Gasteiger partial charge in [0.25, 0.3) is 0 Å². The van der Waals surface area contributed by atoms with E-state index in [9.17, 15) is 55.5 Å². The first kappa shape index (κ1) is 37.1. The highest BCUT2D eigenvalue weighted by Crippen LogP contribution is 2.47. The molecule has 1 aliphatic rings. The number of halogens is 5. The number of ether oxygens (including phenoxy) is 7. The highest BCUT2D eigenvalue weighted by Gasteiger charge is 2.75. The summed E-state index contributed by atoms with van der Waals surface area (Å²) in [6.07, 6.45) is -18.8. The Morgan fingerprint density at radius 1 is 0.860 bits per heavy atom. The van der Waals surface area contributed by atoms with Gasteiger partial charge in [0.05, 0.1) is 13.5 Å². The number of hydrogen-bond donors (Lipinski definition) is 1. The van der Waals surface area contributed by atoms with Gasteiger partial charge in [-0.05, 0) is 0 Å². The third-order valence-electron chi connectivity index (χ3n) is 5.66. The summed E-state index contributed by atoms with van der Waals surface area (Å²) in [7, 11) is 0.686. The van der Waals surface area contributed by atoms with Crippen molar-refractivity contribution in [1.82, 2.24) is 0 Å². The lowest BCUT2D eigenvalue weighted by Gasteiger charge is -2.52. The van der Waals surface area contributed by atoms with Crippen LogP contribution < -0.4 is 5.73 Å². The normalized spacial score (nSPS) is 25.3. The van der Waals surface area contributed by atoms with E-state index in [1.54, 1.807) is 0 Å². The summed E-state index contributed by atoms with van der Waals surface area (Å²) in [4.78, 5) is 85.4. The molecule has 0 aliphatic carbocycles. The summed E-state index contributed by atoms with van der Waals surface area (Å²) in [5.41, 5.74) is 2.01. The van der Waals surface area contributed by atoms with Crippen molar-refractivity contribution in [2.45, 2.75) is 88.9 Å². The first-order chi connectivity index (χ1) is 19.5. The van der Waals surface area contributed by atoms with Crippen molar-refractivity contribution in [2.75, 3.05) is 13.7 Å². The third-order valence-corrected chi connectivity index (χ3v) is 5.66. The fraction of sp³-hybridized carbons (Fsp3) is 0.696. The standard InChI is InChI=1S/C23H28F5NO14/c1-9(30)38-8-14(39-10(2)31)16(41-12(4)33)17-21(29,18(35)22(24,25)23(26,27)28)15(40-11(3)32)7-20(43-17,19(36)37-6)42-13(5)34/h14-17H,7-8,29H2,1-6H3/t14-,15+,16-,17+,20+,21-/m1/s1. The van der Waals surface area contributed by atoms with E-state index in [0.717, 1.165) is 13.8 Å². The van der Waals surface area contributed by atoms with Gasteiger partial charge in [0.15, 0.2) is 12.2 Å². The van der Waals surface area contributed by atoms with E-state index >= 15 is 0 Å². The molecule has 1 fully saturated rings. The lowest BCUT2D eigenvalue weighted by atomic mass is 9.72. The molecule has 0 spiro atoms. The van der Waals surface area contributed by atoms with Gasteiger partial charge < -0.3 is 38.9 Å². The number of alkyl halides is 5. The quantitative estimate of drug-likeness (QED) is 0.180. The van der Waals surface area contributed by atoms with E-state index in [-0.39, 0.29) is 0 Å². The van der Waals surface area contributed by atoms with E-state index < -0.39 is 102 Å². The van der Waals surface area contributed by atoms with Crippen LogP contribution in [0.3, 0.4) is 0 Å². The van der Waals surface area contributed by atoms with Crippen LogP contribution in [0.4, 0.5) is 22.0 Å². The monoisotopic (exact) mass is 637 g/mol. The minimum atomic E-state index is -6.63.